The number of fused-ring (bicyclic) bond motifs is 1. The van der Waals surface area contributed by atoms with E-state index in [9.17, 15) is 0 Å². The van der Waals surface area contributed by atoms with Crippen molar-refractivity contribution < 1.29 is 0 Å². The van der Waals surface area contributed by atoms with E-state index in [-0.39, 0.29) is 5.54 Å². The van der Waals surface area contributed by atoms with Crippen LogP contribution in [0.1, 0.15) is 13.8 Å². The molecule has 0 spiro atoms. The number of nitrogens with zero attached hydrogens (tertiary/aromatic N) is 3. The molecule has 0 radical (unpaired) electrons. The Morgan fingerprint density at radius 3 is 2.62 bits per heavy atom. The minimum atomic E-state index is 0.00655. The molecule has 1 aromatic heterocycles. The van der Waals surface area contributed by atoms with E-state index < -0.39 is 0 Å². The number of benzene rings is 1. The zero-order chi connectivity index (χ0) is 11.8. The Labute approximate surface area is 96.7 Å². The van der Waals surface area contributed by atoms with Crippen LogP contribution in [0.4, 0.5) is 0 Å². The van der Waals surface area contributed by atoms with Crippen molar-refractivity contribution in [2.24, 2.45) is 0 Å². The van der Waals surface area contributed by atoms with E-state index in [1.807, 2.05) is 12.3 Å². The summed E-state index contributed by atoms with van der Waals surface area (Å²) in [6, 6.07) is 8.34. The molecule has 0 fully saturated rings. The second-order valence-electron chi connectivity index (χ2n) is 5.17. The number of likely N-dealkylation sites (N-methyl/N-ethyl adjacent to an activating group) is 1. The van der Waals surface area contributed by atoms with Crippen molar-refractivity contribution in [3.8, 4) is 0 Å². The van der Waals surface area contributed by atoms with E-state index in [0.717, 1.165) is 6.54 Å². The number of aromatic nitrogens is 2. The van der Waals surface area contributed by atoms with Crippen molar-refractivity contribution in [3.63, 3.8) is 0 Å². The molecule has 86 valence electrons. The molecule has 0 N–H and O–H groups in total. The van der Waals surface area contributed by atoms with Crippen LogP contribution in [0.5, 0.6) is 0 Å². The number of rotatable bonds is 3. The van der Waals surface area contributed by atoms with Crippen molar-refractivity contribution in [1.29, 1.82) is 0 Å². The second kappa shape index (κ2) is 3.91. The van der Waals surface area contributed by atoms with Crippen molar-refractivity contribution in [1.82, 2.24) is 14.7 Å². The largest absolute Gasteiger partial charge is 0.307 e. The highest BCUT2D eigenvalue weighted by Crippen LogP contribution is 2.22. The molecule has 0 amide bonds. The van der Waals surface area contributed by atoms with E-state index in [1.54, 1.807) is 0 Å². The molecule has 1 aromatic carbocycles. The molecule has 1 heterocycles. The van der Waals surface area contributed by atoms with Crippen LogP contribution in [0, 0.1) is 0 Å². The second-order valence-corrected chi connectivity index (χ2v) is 5.17. The topological polar surface area (TPSA) is 21.1 Å². The van der Waals surface area contributed by atoms with Gasteiger partial charge in [0.2, 0.25) is 0 Å². The summed E-state index contributed by atoms with van der Waals surface area (Å²) in [5.74, 6) is 0. The van der Waals surface area contributed by atoms with Crippen LogP contribution >= 0.6 is 0 Å². The molecule has 2 aromatic rings. The first kappa shape index (κ1) is 11.1. The van der Waals surface area contributed by atoms with E-state index in [1.165, 1.54) is 10.9 Å². The van der Waals surface area contributed by atoms with E-state index in [4.69, 9.17) is 0 Å². The van der Waals surface area contributed by atoms with E-state index in [2.05, 4.69) is 60.8 Å². The van der Waals surface area contributed by atoms with E-state index in [0.29, 0.717) is 0 Å². The Morgan fingerprint density at radius 1 is 1.25 bits per heavy atom. The Kier molecular flexibility index (Phi) is 2.72. The minimum absolute atomic E-state index is 0.00655. The third-order valence-electron chi connectivity index (χ3n) is 2.75. The van der Waals surface area contributed by atoms with Gasteiger partial charge in [0.1, 0.15) is 0 Å². The molecular formula is C13H19N3. The fraction of sp³-hybridized carbons (Fsp3) is 0.462. The summed E-state index contributed by atoms with van der Waals surface area (Å²) < 4.78 is 2.11. The summed E-state index contributed by atoms with van der Waals surface area (Å²) in [5.41, 5.74) is 1.21. The Bertz CT molecular complexity index is 483. The monoisotopic (exact) mass is 217 g/mol. The average Bonchev–Trinajstić information content (AvgIpc) is 2.59. The average molecular weight is 217 g/mol. The lowest BCUT2D eigenvalue weighted by Crippen LogP contribution is -2.38. The number of hydrogen-bond donors (Lipinski definition) is 0. The van der Waals surface area contributed by atoms with Crippen molar-refractivity contribution in [2.45, 2.75) is 19.4 Å². The van der Waals surface area contributed by atoms with Crippen LogP contribution in [0.3, 0.4) is 0 Å². The third-order valence-corrected chi connectivity index (χ3v) is 2.75. The van der Waals surface area contributed by atoms with Crippen molar-refractivity contribution in [2.75, 3.05) is 20.6 Å². The van der Waals surface area contributed by atoms with Gasteiger partial charge in [-0.2, -0.15) is 5.10 Å². The van der Waals surface area contributed by atoms with Gasteiger partial charge in [-0.3, -0.25) is 4.68 Å². The van der Waals surface area contributed by atoms with Crippen LogP contribution in [-0.4, -0.2) is 35.3 Å². The molecule has 3 heteroatoms. The van der Waals surface area contributed by atoms with Gasteiger partial charge < -0.3 is 4.90 Å². The molecule has 0 atom stereocenters. The number of para-hydroxylation sites is 1. The summed E-state index contributed by atoms with van der Waals surface area (Å²) in [6.07, 6.45) is 1.94. The zero-order valence-electron chi connectivity index (χ0n) is 10.4. The molecule has 16 heavy (non-hydrogen) atoms. The van der Waals surface area contributed by atoms with Gasteiger partial charge in [0.15, 0.2) is 0 Å². The summed E-state index contributed by atoms with van der Waals surface area (Å²) in [7, 11) is 4.18. The quantitative estimate of drug-likeness (QED) is 0.787. The number of hydrogen-bond acceptors (Lipinski definition) is 2. The molecule has 0 saturated carbocycles. The predicted octanol–water partition coefficient (Wildman–Crippen LogP) is 2.33. The van der Waals surface area contributed by atoms with Crippen LogP contribution in [0.25, 0.3) is 10.9 Å². The van der Waals surface area contributed by atoms with Crippen LogP contribution in [-0.2, 0) is 5.54 Å². The first-order valence-corrected chi connectivity index (χ1v) is 5.59. The predicted molar refractivity (Wildman–Crippen MR) is 67.6 cm³/mol. The molecule has 0 bridgehead atoms. The lowest BCUT2D eigenvalue weighted by atomic mass is 10.1. The lowest BCUT2D eigenvalue weighted by Gasteiger charge is -2.29. The van der Waals surface area contributed by atoms with Crippen LogP contribution in [0.2, 0.25) is 0 Å². The SMILES string of the molecule is CN(C)CC(C)(C)n1ncc2ccccc21. The van der Waals surface area contributed by atoms with Crippen LogP contribution < -0.4 is 0 Å². The normalized spacial score (nSPS) is 12.6. The highest BCUT2D eigenvalue weighted by atomic mass is 15.3. The fourth-order valence-corrected chi connectivity index (χ4v) is 2.29. The fourth-order valence-electron chi connectivity index (χ4n) is 2.29. The summed E-state index contributed by atoms with van der Waals surface area (Å²) in [6.45, 7) is 5.40. The van der Waals surface area contributed by atoms with Gasteiger partial charge >= 0.3 is 0 Å². The molecule has 2 rings (SSSR count). The van der Waals surface area contributed by atoms with Gasteiger partial charge in [0.05, 0.1) is 17.3 Å². The van der Waals surface area contributed by atoms with E-state index >= 15 is 0 Å². The first-order valence-electron chi connectivity index (χ1n) is 5.59. The standard InChI is InChI=1S/C13H19N3/c1-13(2,10-15(3)4)16-12-8-6-5-7-11(12)9-14-16/h5-9H,10H2,1-4H3. The zero-order valence-corrected chi connectivity index (χ0v) is 10.4. The summed E-state index contributed by atoms with van der Waals surface area (Å²) in [5, 5.41) is 5.71. The van der Waals surface area contributed by atoms with Crippen LogP contribution in [0.15, 0.2) is 30.5 Å². The van der Waals surface area contributed by atoms with Gasteiger partial charge in [0, 0.05) is 11.9 Å². The molecular weight excluding hydrogens is 198 g/mol. The van der Waals surface area contributed by atoms with Gasteiger partial charge in [0.25, 0.3) is 0 Å². The Hall–Kier alpha value is -1.35. The molecule has 3 nitrogen and oxygen atoms in total. The highest BCUT2D eigenvalue weighted by Gasteiger charge is 2.23. The Balaban J connectivity index is 2.46. The minimum Gasteiger partial charge on any atom is -0.307 e. The molecule has 0 aliphatic rings. The van der Waals surface area contributed by atoms with Gasteiger partial charge in [-0.05, 0) is 34.0 Å². The molecule has 0 aliphatic carbocycles. The van der Waals surface area contributed by atoms with Gasteiger partial charge in [-0.15, -0.1) is 0 Å². The van der Waals surface area contributed by atoms with Crippen molar-refractivity contribution >= 4 is 10.9 Å². The smallest absolute Gasteiger partial charge is 0.0704 e. The molecule has 0 saturated heterocycles. The highest BCUT2D eigenvalue weighted by molar-refractivity contribution is 5.78. The summed E-state index contributed by atoms with van der Waals surface area (Å²) in [4.78, 5) is 2.19. The molecule has 0 aliphatic heterocycles. The Morgan fingerprint density at radius 2 is 1.94 bits per heavy atom. The third kappa shape index (κ3) is 1.95. The first-order chi connectivity index (χ1) is 7.50. The lowest BCUT2D eigenvalue weighted by molar-refractivity contribution is 0.229. The summed E-state index contributed by atoms with van der Waals surface area (Å²) >= 11 is 0. The maximum absolute atomic E-state index is 4.51. The maximum Gasteiger partial charge on any atom is 0.0704 e. The van der Waals surface area contributed by atoms with Crippen molar-refractivity contribution in [3.05, 3.63) is 30.5 Å². The van der Waals surface area contributed by atoms with Gasteiger partial charge in [-0.25, -0.2) is 0 Å². The molecule has 0 unspecified atom stereocenters. The maximum atomic E-state index is 4.51. The van der Waals surface area contributed by atoms with Gasteiger partial charge in [-0.1, -0.05) is 18.2 Å².